The SMILES string of the molecule is O=C(COCc1nc2ccccc2c(=O)[nH]1)NC(c1ccccc1)C1CC1. The highest BCUT2D eigenvalue weighted by Gasteiger charge is 2.33. The quantitative estimate of drug-likeness (QED) is 0.676. The van der Waals surface area contributed by atoms with Crippen LogP contribution in [0.2, 0.25) is 0 Å². The Morgan fingerprint density at radius 3 is 2.67 bits per heavy atom. The molecule has 1 fully saturated rings. The Hall–Kier alpha value is -2.99. The number of ether oxygens (including phenoxy) is 1. The van der Waals surface area contributed by atoms with E-state index < -0.39 is 0 Å². The van der Waals surface area contributed by atoms with Crippen molar-refractivity contribution >= 4 is 16.8 Å². The van der Waals surface area contributed by atoms with Crippen LogP contribution >= 0.6 is 0 Å². The van der Waals surface area contributed by atoms with Crippen molar-refractivity contribution in [2.75, 3.05) is 6.61 Å². The summed E-state index contributed by atoms with van der Waals surface area (Å²) in [6.45, 7) is -0.000479. The Balaban J connectivity index is 1.35. The van der Waals surface area contributed by atoms with Crippen LogP contribution in [0.25, 0.3) is 10.9 Å². The molecule has 6 heteroatoms. The second-order valence-corrected chi connectivity index (χ2v) is 6.82. The third-order valence-corrected chi connectivity index (χ3v) is 4.70. The number of nitrogens with zero attached hydrogens (tertiary/aromatic N) is 1. The van der Waals surface area contributed by atoms with Gasteiger partial charge in [-0.1, -0.05) is 42.5 Å². The number of para-hydroxylation sites is 1. The summed E-state index contributed by atoms with van der Waals surface area (Å²) in [7, 11) is 0. The second kappa shape index (κ2) is 7.72. The molecule has 0 bridgehead atoms. The smallest absolute Gasteiger partial charge is 0.258 e. The molecule has 4 rings (SSSR count). The predicted molar refractivity (Wildman–Crippen MR) is 102 cm³/mol. The Bertz CT molecular complexity index is 996. The van der Waals surface area contributed by atoms with Crippen LogP contribution in [-0.4, -0.2) is 22.5 Å². The molecule has 1 amide bonds. The maximum Gasteiger partial charge on any atom is 0.258 e. The normalized spacial score (nSPS) is 14.8. The molecule has 138 valence electrons. The molecule has 1 atom stereocenters. The van der Waals surface area contributed by atoms with Crippen molar-refractivity contribution in [3.8, 4) is 0 Å². The highest BCUT2D eigenvalue weighted by Crippen LogP contribution is 2.40. The molecule has 1 heterocycles. The van der Waals surface area contributed by atoms with E-state index in [0.717, 1.165) is 18.4 Å². The molecule has 3 aromatic rings. The number of amides is 1. The van der Waals surface area contributed by atoms with Crippen molar-refractivity contribution in [1.29, 1.82) is 0 Å². The number of hydrogen-bond acceptors (Lipinski definition) is 4. The summed E-state index contributed by atoms with van der Waals surface area (Å²) in [6, 6.07) is 17.2. The lowest BCUT2D eigenvalue weighted by molar-refractivity contribution is -0.127. The number of rotatable bonds is 7. The van der Waals surface area contributed by atoms with Gasteiger partial charge in [0.1, 0.15) is 19.0 Å². The van der Waals surface area contributed by atoms with Crippen molar-refractivity contribution in [3.05, 3.63) is 76.3 Å². The van der Waals surface area contributed by atoms with E-state index in [1.807, 2.05) is 36.4 Å². The average molecular weight is 363 g/mol. The summed E-state index contributed by atoms with van der Waals surface area (Å²) in [6.07, 6.45) is 2.26. The molecule has 2 aromatic carbocycles. The van der Waals surface area contributed by atoms with Crippen LogP contribution in [0, 0.1) is 5.92 Å². The number of carbonyl (C=O) groups is 1. The summed E-state index contributed by atoms with van der Waals surface area (Å²) < 4.78 is 5.48. The first-order valence-electron chi connectivity index (χ1n) is 9.11. The van der Waals surface area contributed by atoms with E-state index in [2.05, 4.69) is 15.3 Å². The fraction of sp³-hybridized carbons (Fsp3) is 0.286. The van der Waals surface area contributed by atoms with E-state index in [1.54, 1.807) is 18.2 Å². The van der Waals surface area contributed by atoms with Gasteiger partial charge in [0.25, 0.3) is 5.56 Å². The largest absolute Gasteiger partial charge is 0.364 e. The fourth-order valence-electron chi connectivity index (χ4n) is 3.22. The zero-order chi connectivity index (χ0) is 18.6. The van der Waals surface area contributed by atoms with Crippen molar-refractivity contribution in [1.82, 2.24) is 15.3 Å². The van der Waals surface area contributed by atoms with E-state index in [0.29, 0.717) is 22.6 Å². The van der Waals surface area contributed by atoms with Gasteiger partial charge >= 0.3 is 0 Å². The third kappa shape index (κ3) is 4.23. The molecule has 1 aliphatic carbocycles. The summed E-state index contributed by atoms with van der Waals surface area (Å²) in [5, 5.41) is 3.60. The minimum atomic E-state index is -0.207. The number of carbonyl (C=O) groups excluding carboxylic acids is 1. The number of fused-ring (bicyclic) bond motifs is 1. The minimum absolute atomic E-state index is 0.0286. The molecule has 0 radical (unpaired) electrons. The molecule has 6 nitrogen and oxygen atoms in total. The molecule has 0 aliphatic heterocycles. The number of aromatic amines is 1. The van der Waals surface area contributed by atoms with Crippen LogP contribution in [0.3, 0.4) is 0 Å². The van der Waals surface area contributed by atoms with Gasteiger partial charge in [0.15, 0.2) is 0 Å². The molecule has 27 heavy (non-hydrogen) atoms. The lowest BCUT2D eigenvalue weighted by Crippen LogP contribution is -2.33. The molecule has 2 N–H and O–H groups in total. The highest BCUT2D eigenvalue weighted by molar-refractivity contribution is 5.78. The first-order chi connectivity index (χ1) is 13.2. The zero-order valence-electron chi connectivity index (χ0n) is 14.9. The van der Waals surface area contributed by atoms with Gasteiger partial charge in [0, 0.05) is 0 Å². The molecule has 0 spiro atoms. The van der Waals surface area contributed by atoms with Gasteiger partial charge in [-0.2, -0.15) is 0 Å². The van der Waals surface area contributed by atoms with Gasteiger partial charge in [-0.05, 0) is 36.5 Å². The first-order valence-corrected chi connectivity index (χ1v) is 9.11. The molecular weight excluding hydrogens is 342 g/mol. The second-order valence-electron chi connectivity index (χ2n) is 6.82. The first kappa shape index (κ1) is 17.4. The Labute approximate surface area is 156 Å². The van der Waals surface area contributed by atoms with Gasteiger partial charge in [0.05, 0.1) is 16.9 Å². The van der Waals surface area contributed by atoms with E-state index >= 15 is 0 Å². The van der Waals surface area contributed by atoms with Gasteiger partial charge < -0.3 is 15.0 Å². The number of nitrogens with one attached hydrogen (secondary N) is 2. The Kier molecular flexibility index (Phi) is 4.98. The monoisotopic (exact) mass is 363 g/mol. The van der Waals surface area contributed by atoms with Crippen molar-refractivity contribution in [2.24, 2.45) is 5.92 Å². The third-order valence-electron chi connectivity index (χ3n) is 4.70. The van der Waals surface area contributed by atoms with Gasteiger partial charge in [-0.15, -0.1) is 0 Å². The number of hydrogen-bond donors (Lipinski definition) is 2. The van der Waals surface area contributed by atoms with Gasteiger partial charge in [-0.25, -0.2) is 4.98 Å². The van der Waals surface area contributed by atoms with Gasteiger partial charge in [0.2, 0.25) is 5.91 Å². The van der Waals surface area contributed by atoms with Crippen molar-refractivity contribution in [3.63, 3.8) is 0 Å². The molecule has 1 unspecified atom stereocenters. The Morgan fingerprint density at radius 1 is 1.15 bits per heavy atom. The average Bonchev–Trinajstić information content (AvgIpc) is 3.52. The van der Waals surface area contributed by atoms with Gasteiger partial charge in [-0.3, -0.25) is 9.59 Å². The standard InChI is InChI=1S/C21H21N3O3/c25-19(24-20(15-10-11-15)14-6-2-1-3-7-14)13-27-12-18-22-17-9-5-4-8-16(17)21(26)23-18/h1-9,15,20H,10-13H2,(H,24,25)(H,22,23,26). The fourth-order valence-corrected chi connectivity index (χ4v) is 3.22. The van der Waals surface area contributed by atoms with E-state index in [9.17, 15) is 9.59 Å². The summed E-state index contributed by atoms with van der Waals surface area (Å²) in [4.78, 5) is 31.4. The number of benzene rings is 2. The maximum absolute atomic E-state index is 12.3. The predicted octanol–water partition coefficient (Wildman–Crippen LogP) is 2.71. The minimum Gasteiger partial charge on any atom is -0.364 e. The summed E-state index contributed by atoms with van der Waals surface area (Å²) >= 11 is 0. The molecule has 1 saturated carbocycles. The van der Waals surface area contributed by atoms with E-state index in [4.69, 9.17) is 4.74 Å². The Morgan fingerprint density at radius 2 is 1.89 bits per heavy atom. The number of aromatic nitrogens is 2. The molecule has 0 saturated heterocycles. The number of H-pyrrole nitrogens is 1. The topological polar surface area (TPSA) is 84.1 Å². The molecular formula is C21H21N3O3. The van der Waals surface area contributed by atoms with Crippen LogP contribution in [0.15, 0.2) is 59.4 Å². The lowest BCUT2D eigenvalue weighted by Gasteiger charge is -2.18. The van der Waals surface area contributed by atoms with Crippen LogP contribution < -0.4 is 10.9 Å². The van der Waals surface area contributed by atoms with E-state index in [1.165, 1.54) is 0 Å². The maximum atomic E-state index is 12.3. The van der Waals surface area contributed by atoms with Crippen LogP contribution in [0.5, 0.6) is 0 Å². The summed E-state index contributed by atoms with van der Waals surface area (Å²) in [5.74, 6) is 0.738. The van der Waals surface area contributed by atoms with Crippen molar-refractivity contribution < 1.29 is 9.53 Å². The lowest BCUT2D eigenvalue weighted by atomic mass is 10.0. The highest BCUT2D eigenvalue weighted by atomic mass is 16.5. The molecule has 1 aliphatic rings. The summed E-state index contributed by atoms with van der Waals surface area (Å²) in [5.41, 5.74) is 1.53. The van der Waals surface area contributed by atoms with Crippen molar-refractivity contribution in [2.45, 2.75) is 25.5 Å². The van der Waals surface area contributed by atoms with Crippen LogP contribution in [0.1, 0.15) is 30.3 Å². The van der Waals surface area contributed by atoms with Crippen LogP contribution in [-0.2, 0) is 16.1 Å². The van der Waals surface area contributed by atoms with E-state index in [-0.39, 0.29) is 30.7 Å². The molecule has 1 aromatic heterocycles. The zero-order valence-corrected chi connectivity index (χ0v) is 14.9. The van der Waals surface area contributed by atoms with Crippen LogP contribution in [0.4, 0.5) is 0 Å².